The third kappa shape index (κ3) is 5.39. The van der Waals surface area contributed by atoms with Crippen molar-refractivity contribution in [3.63, 3.8) is 0 Å². The minimum atomic E-state index is 0.418. The summed E-state index contributed by atoms with van der Waals surface area (Å²) in [7, 11) is 0. The van der Waals surface area contributed by atoms with Gasteiger partial charge >= 0.3 is 0 Å². The van der Waals surface area contributed by atoms with E-state index in [1.807, 2.05) is 0 Å². The van der Waals surface area contributed by atoms with Gasteiger partial charge in [-0.3, -0.25) is 4.79 Å². The van der Waals surface area contributed by atoms with Gasteiger partial charge in [0.05, 0.1) is 0 Å². The standard InChI is InChI=1S/C21H38O/c1-3-5-7-8-17-10-12-18(13-11-17)20-15-14-19(9-6-4-2)21(22)16-20/h17-20H,3-16H2,1-2H3/t17?,18?,19-,20-/m1/s1. The molecule has 22 heavy (non-hydrogen) atoms. The number of hydrogen-bond donors (Lipinski definition) is 0. The molecule has 0 aromatic heterocycles. The van der Waals surface area contributed by atoms with Crippen LogP contribution in [0.5, 0.6) is 0 Å². The maximum Gasteiger partial charge on any atom is 0.136 e. The van der Waals surface area contributed by atoms with Crippen LogP contribution < -0.4 is 0 Å². The molecule has 2 rings (SSSR count). The summed E-state index contributed by atoms with van der Waals surface area (Å²) in [6.07, 6.45) is 18.4. The Labute approximate surface area is 138 Å². The fourth-order valence-corrected chi connectivity index (χ4v) is 4.89. The number of rotatable bonds is 8. The third-order valence-electron chi connectivity index (χ3n) is 6.48. The van der Waals surface area contributed by atoms with Crippen molar-refractivity contribution < 1.29 is 4.79 Å². The van der Waals surface area contributed by atoms with Crippen molar-refractivity contribution in [1.82, 2.24) is 0 Å². The number of ketones is 1. The summed E-state index contributed by atoms with van der Waals surface area (Å²) in [5.41, 5.74) is 0. The zero-order chi connectivity index (χ0) is 15.8. The van der Waals surface area contributed by atoms with Crippen LogP contribution in [0, 0.1) is 23.7 Å². The number of hydrogen-bond acceptors (Lipinski definition) is 1. The lowest BCUT2D eigenvalue weighted by Crippen LogP contribution is -2.31. The third-order valence-corrected chi connectivity index (χ3v) is 6.48. The van der Waals surface area contributed by atoms with Crippen molar-refractivity contribution in [3.8, 4) is 0 Å². The fourth-order valence-electron chi connectivity index (χ4n) is 4.89. The quantitative estimate of drug-likeness (QED) is 0.465. The average molecular weight is 307 g/mol. The van der Waals surface area contributed by atoms with Gasteiger partial charge in [0.2, 0.25) is 0 Å². The highest BCUT2D eigenvalue weighted by Crippen LogP contribution is 2.42. The first-order chi connectivity index (χ1) is 10.7. The van der Waals surface area contributed by atoms with Crippen molar-refractivity contribution in [3.05, 3.63) is 0 Å². The maximum atomic E-state index is 12.4. The highest BCUT2D eigenvalue weighted by atomic mass is 16.1. The summed E-state index contributed by atoms with van der Waals surface area (Å²) in [4.78, 5) is 12.4. The van der Waals surface area contributed by atoms with Gasteiger partial charge in [-0.2, -0.15) is 0 Å². The first-order valence-corrected chi connectivity index (χ1v) is 10.3. The summed E-state index contributed by atoms with van der Waals surface area (Å²) in [6.45, 7) is 4.53. The van der Waals surface area contributed by atoms with Gasteiger partial charge in [0, 0.05) is 12.3 Å². The molecular formula is C21H38O. The van der Waals surface area contributed by atoms with Crippen LogP contribution in [0.2, 0.25) is 0 Å². The molecule has 0 amide bonds. The van der Waals surface area contributed by atoms with Gasteiger partial charge in [-0.25, -0.2) is 0 Å². The van der Waals surface area contributed by atoms with Gasteiger partial charge in [-0.05, 0) is 49.9 Å². The number of carbonyl (C=O) groups is 1. The molecule has 2 atom stereocenters. The molecule has 0 radical (unpaired) electrons. The predicted molar refractivity (Wildman–Crippen MR) is 95.0 cm³/mol. The van der Waals surface area contributed by atoms with Crippen LogP contribution >= 0.6 is 0 Å². The van der Waals surface area contributed by atoms with Crippen molar-refractivity contribution in [2.75, 3.05) is 0 Å². The molecule has 0 N–H and O–H groups in total. The first-order valence-electron chi connectivity index (χ1n) is 10.3. The molecule has 2 saturated carbocycles. The van der Waals surface area contributed by atoms with E-state index in [9.17, 15) is 4.79 Å². The van der Waals surface area contributed by atoms with Gasteiger partial charge in [-0.15, -0.1) is 0 Å². The second-order valence-corrected chi connectivity index (χ2v) is 8.12. The lowest BCUT2D eigenvalue weighted by molar-refractivity contribution is -0.127. The largest absolute Gasteiger partial charge is 0.299 e. The van der Waals surface area contributed by atoms with E-state index >= 15 is 0 Å². The van der Waals surface area contributed by atoms with E-state index in [1.165, 1.54) is 77.0 Å². The Kier molecular flexibility index (Phi) is 7.97. The Morgan fingerprint density at radius 3 is 2.09 bits per heavy atom. The van der Waals surface area contributed by atoms with Crippen molar-refractivity contribution in [2.45, 2.75) is 104 Å². The van der Waals surface area contributed by atoms with Crippen LogP contribution in [0.3, 0.4) is 0 Å². The predicted octanol–water partition coefficient (Wildman–Crippen LogP) is 6.55. The SMILES string of the molecule is CCCCCC1CCC([C@@H]2CC[C@@H](CCCC)C(=O)C2)CC1. The molecular weight excluding hydrogens is 268 g/mol. The number of unbranched alkanes of at least 4 members (excludes halogenated alkanes) is 3. The van der Waals surface area contributed by atoms with E-state index < -0.39 is 0 Å². The fraction of sp³-hybridized carbons (Fsp3) is 0.952. The zero-order valence-electron chi connectivity index (χ0n) is 15.1. The molecule has 0 bridgehead atoms. The van der Waals surface area contributed by atoms with Gasteiger partial charge in [0.15, 0.2) is 0 Å². The molecule has 0 aliphatic heterocycles. The molecule has 2 aliphatic carbocycles. The molecule has 128 valence electrons. The van der Waals surface area contributed by atoms with Gasteiger partial charge < -0.3 is 0 Å². The highest BCUT2D eigenvalue weighted by Gasteiger charge is 2.34. The van der Waals surface area contributed by atoms with E-state index in [-0.39, 0.29) is 0 Å². The van der Waals surface area contributed by atoms with E-state index in [4.69, 9.17) is 0 Å². The Bertz CT molecular complexity index is 314. The Balaban J connectivity index is 1.68. The molecule has 0 spiro atoms. The number of Topliss-reactive ketones (excluding diaryl/α,β-unsaturated/α-hetero) is 1. The van der Waals surface area contributed by atoms with Crippen molar-refractivity contribution >= 4 is 5.78 Å². The summed E-state index contributed by atoms with van der Waals surface area (Å²) >= 11 is 0. The monoisotopic (exact) mass is 306 g/mol. The van der Waals surface area contributed by atoms with E-state index in [0.717, 1.165) is 30.6 Å². The molecule has 2 aliphatic rings. The first kappa shape index (κ1) is 18.0. The van der Waals surface area contributed by atoms with Gasteiger partial charge in [0.1, 0.15) is 5.78 Å². The van der Waals surface area contributed by atoms with Crippen LogP contribution in [0.1, 0.15) is 104 Å². The van der Waals surface area contributed by atoms with Crippen LogP contribution in [-0.4, -0.2) is 5.78 Å². The average Bonchev–Trinajstić information content (AvgIpc) is 2.54. The lowest BCUT2D eigenvalue weighted by atomic mass is 9.68. The van der Waals surface area contributed by atoms with Crippen LogP contribution in [0.25, 0.3) is 0 Å². The summed E-state index contributed by atoms with van der Waals surface area (Å²) < 4.78 is 0. The normalized spacial score (nSPS) is 33.1. The van der Waals surface area contributed by atoms with E-state index in [0.29, 0.717) is 11.7 Å². The molecule has 0 heterocycles. The summed E-state index contributed by atoms with van der Waals surface area (Å²) in [5, 5.41) is 0. The molecule has 0 saturated heterocycles. The van der Waals surface area contributed by atoms with Crippen molar-refractivity contribution in [2.24, 2.45) is 23.7 Å². The van der Waals surface area contributed by atoms with Crippen LogP contribution in [0.4, 0.5) is 0 Å². The number of carbonyl (C=O) groups excluding carboxylic acids is 1. The maximum absolute atomic E-state index is 12.4. The summed E-state index contributed by atoms with van der Waals surface area (Å²) in [5.74, 6) is 3.64. The Hall–Kier alpha value is -0.330. The lowest BCUT2D eigenvalue weighted by Gasteiger charge is -2.37. The second-order valence-electron chi connectivity index (χ2n) is 8.12. The van der Waals surface area contributed by atoms with Crippen LogP contribution in [0.15, 0.2) is 0 Å². The molecule has 0 aromatic carbocycles. The van der Waals surface area contributed by atoms with Gasteiger partial charge in [-0.1, -0.05) is 65.2 Å². The van der Waals surface area contributed by atoms with Crippen LogP contribution in [-0.2, 0) is 4.79 Å². The molecule has 1 heteroatoms. The molecule has 1 nitrogen and oxygen atoms in total. The molecule has 2 fully saturated rings. The minimum absolute atomic E-state index is 0.418. The Morgan fingerprint density at radius 2 is 1.45 bits per heavy atom. The summed E-state index contributed by atoms with van der Waals surface area (Å²) in [6, 6.07) is 0. The minimum Gasteiger partial charge on any atom is -0.299 e. The second kappa shape index (κ2) is 9.73. The van der Waals surface area contributed by atoms with E-state index in [2.05, 4.69) is 13.8 Å². The van der Waals surface area contributed by atoms with Crippen molar-refractivity contribution in [1.29, 1.82) is 0 Å². The smallest absolute Gasteiger partial charge is 0.136 e. The highest BCUT2D eigenvalue weighted by molar-refractivity contribution is 5.81. The molecule has 0 aromatic rings. The topological polar surface area (TPSA) is 17.1 Å². The Morgan fingerprint density at radius 1 is 0.773 bits per heavy atom. The van der Waals surface area contributed by atoms with E-state index in [1.54, 1.807) is 0 Å². The molecule has 0 unspecified atom stereocenters. The van der Waals surface area contributed by atoms with Gasteiger partial charge in [0.25, 0.3) is 0 Å². The zero-order valence-corrected chi connectivity index (χ0v) is 15.1.